The second-order valence-electron chi connectivity index (χ2n) is 6.26. The zero-order valence-corrected chi connectivity index (χ0v) is 14.0. The van der Waals surface area contributed by atoms with Gasteiger partial charge in [-0.15, -0.1) is 0 Å². The van der Waals surface area contributed by atoms with Crippen LogP contribution in [0.15, 0.2) is 0 Å². The van der Waals surface area contributed by atoms with E-state index in [0.29, 0.717) is 0 Å². The van der Waals surface area contributed by atoms with Crippen molar-refractivity contribution in [3.05, 3.63) is 0 Å². The third kappa shape index (κ3) is 4.31. The Bertz CT molecular complexity index is 478. The first-order valence-electron chi connectivity index (χ1n) is 8.06. The molecule has 152 valence electrons. The molecule has 2 saturated heterocycles. The molecule has 8 N–H and O–H groups in total. The van der Waals surface area contributed by atoms with Gasteiger partial charge in [0.1, 0.15) is 48.8 Å². The summed E-state index contributed by atoms with van der Waals surface area (Å²) in [6.07, 6.45) is -13.6. The van der Waals surface area contributed by atoms with Gasteiger partial charge in [-0.3, -0.25) is 4.79 Å². The maximum absolute atomic E-state index is 11.2. The van der Waals surface area contributed by atoms with E-state index in [0.717, 1.165) is 6.92 Å². The average Bonchev–Trinajstić information content (AvgIpc) is 2.60. The molecule has 0 aliphatic carbocycles. The number of amides is 1. The van der Waals surface area contributed by atoms with Crippen molar-refractivity contribution in [3.8, 4) is 0 Å². The maximum Gasteiger partial charge on any atom is 0.217 e. The van der Waals surface area contributed by atoms with E-state index in [2.05, 4.69) is 5.32 Å². The summed E-state index contributed by atoms with van der Waals surface area (Å²) >= 11 is 0. The quantitative estimate of drug-likeness (QED) is 0.226. The fourth-order valence-electron chi connectivity index (χ4n) is 2.98. The minimum absolute atomic E-state index is 0.564. The van der Waals surface area contributed by atoms with Gasteiger partial charge in [-0.2, -0.15) is 0 Å². The lowest BCUT2D eigenvalue weighted by Gasteiger charge is -2.46. The highest BCUT2D eigenvalue weighted by atomic mass is 16.7. The van der Waals surface area contributed by atoms with Gasteiger partial charge in [0.25, 0.3) is 0 Å². The molecule has 0 spiro atoms. The van der Waals surface area contributed by atoms with E-state index in [4.69, 9.17) is 14.2 Å². The molecular formula is C14H25NO11. The second kappa shape index (κ2) is 8.84. The Balaban J connectivity index is 2.16. The molecule has 2 aliphatic heterocycles. The number of carbonyl (C=O) groups excluding carboxylic acids is 1. The predicted molar refractivity (Wildman–Crippen MR) is 80.2 cm³/mol. The van der Waals surface area contributed by atoms with E-state index in [-0.39, 0.29) is 0 Å². The Morgan fingerprint density at radius 1 is 0.923 bits per heavy atom. The average molecular weight is 383 g/mol. The Labute approximate surface area is 148 Å². The fraction of sp³-hybridized carbons (Fsp3) is 0.929. The molecule has 2 fully saturated rings. The second-order valence-corrected chi connectivity index (χ2v) is 6.26. The topological polar surface area (TPSA) is 198 Å². The first-order valence-corrected chi connectivity index (χ1v) is 8.06. The largest absolute Gasteiger partial charge is 0.394 e. The van der Waals surface area contributed by atoms with Crippen molar-refractivity contribution >= 4 is 5.91 Å². The number of nitrogens with one attached hydrogen (secondary N) is 1. The van der Waals surface area contributed by atoms with Gasteiger partial charge in [0.2, 0.25) is 5.91 Å². The molecule has 0 aromatic heterocycles. The number of hydrogen-bond donors (Lipinski definition) is 8. The summed E-state index contributed by atoms with van der Waals surface area (Å²) in [4.78, 5) is 11.2. The van der Waals surface area contributed by atoms with E-state index in [1.54, 1.807) is 0 Å². The van der Waals surface area contributed by atoms with Crippen LogP contribution in [0.4, 0.5) is 0 Å². The number of rotatable bonds is 5. The van der Waals surface area contributed by atoms with E-state index < -0.39 is 80.5 Å². The standard InChI is InChI=1S/C14H25NO11/c1-4(18)15-7-9(20)12(6(3-17)24-13(7)23)26-14-11(22)10(21)8(19)5(2-16)25-14/h5-14,16-17,19-23H,2-3H2,1H3,(H,15,18)/t5-,6-,7-,8-,9-,10+,11-,12-,13?,14+/m1/s1. The van der Waals surface area contributed by atoms with Crippen LogP contribution in [0.3, 0.4) is 0 Å². The summed E-state index contributed by atoms with van der Waals surface area (Å²) in [5.41, 5.74) is 0. The van der Waals surface area contributed by atoms with Crippen molar-refractivity contribution in [1.29, 1.82) is 0 Å². The Morgan fingerprint density at radius 2 is 1.54 bits per heavy atom. The van der Waals surface area contributed by atoms with Gasteiger partial charge < -0.3 is 55.3 Å². The molecule has 0 aromatic rings. The lowest BCUT2D eigenvalue weighted by Crippen LogP contribution is -2.67. The van der Waals surface area contributed by atoms with Crippen LogP contribution < -0.4 is 5.32 Å². The van der Waals surface area contributed by atoms with Crippen LogP contribution in [0, 0.1) is 0 Å². The van der Waals surface area contributed by atoms with Gasteiger partial charge in [0.05, 0.1) is 13.2 Å². The molecule has 10 atom stereocenters. The molecule has 12 heteroatoms. The summed E-state index contributed by atoms with van der Waals surface area (Å²) < 4.78 is 15.7. The summed E-state index contributed by atoms with van der Waals surface area (Å²) in [7, 11) is 0. The summed E-state index contributed by atoms with van der Waals surface area (Å²) in [5, 5.41) is 70.7. The molecule has 0 aromatic carbocycles. The highest BCUT2D eigenvalue weighted by Crippen LogP contribution is 2.28. The van der Waals surface area contributed by atoms with Crippen LogP contribution in [-0.2, 0) is 19.0 Å². The zero-order chi connectivity index (χ0) is 19.6. The molecule has 2 aliphatic rings. The first-order chi connectivity index (χ1) is 12.2. The Hall–Kier alpha value is -0.930. The van der Waals surface area contributed by atoms with Crippen molar-refractivity contribution in [2.75, 3.05) is 13.2 Å². The zero-order valence-electron chi connectivity index (χ0n) is 14.0. The smallest absolute Gasteiger partial charge is 0.217 e. The van der Waals surface area contributed by atoms with Crippen LogP contribution in [0.25, 0.3) is 0 Å². The van der Waals surface area contributed by atoms with Crippen molar-refractivity contribution < 1.29 is 54.8 Å². The van der Waals surface area contributed by atoms with Gasteiger partial charge in [-0.05, 0) is 0 Å². The highest BCUT2D eigenvalue weighted by molar-refractivity contribution is 5.73. The van der Waals surface area contributed by atoms with Crippen molar-refractivity contribution in [3.63, 3.8) is 0 Å². The summed E-state index contributed by atoms with van der Waals surface area (Å²) in [6, 6.07) is -1.29. The SMILES string of the molecule is CC(=O)N[C@H]1C(O)O[C@H](CO)[C@@H](O[C@@H]2O[C@H](CO)[C@@H](O)[C@H](O)[C@H]2O)[C@@H]1O. The lowest BCUT2D eigenvalue weighted by atomic mass is 9.95. The van der Waals surface area contributed by atoms with E-state index in [1.165, 1.54) is 0 Å². The number of aliphatic hydroxyl groups excluding tert-OH is 7. The molecule has 26 heavy (non-hydrogen) atoms. The molecule has 12 nitrogen and oxygen atoms in total. The number of aliphatic hydroxyl groups is 7. The monoisotopic (exact) mass is 383 g/mol. The molecule has 2 heterocycles. The Kier molecular flexibility index (Phi) is 7.27. The molecule has 0 bridgehead atoms. The Morgan fingerprint density at radius 3 is 2.08 bits per heavy atom. The van der Waals surface area contributed by atoms with Crippen LogP contribution in [-0.4, -0.2) is 116 Å². The lowest BCUT2D eigenvalue weighted by molar-refractivity contribution is -0.345. The molecule has 2 rings (SSSR count). The van der Waals surface area contributed by atoms with Crippen LogP contribution in [0.5, 0.6) is 0 Å². The van der Waals surface area contributed by atoms with Crippen molar-refractivity contribution in [2.45, 2.75) is 68.3 Å². The van der Waals surface area contributed by atoms with E-state index in [1.807, 2.05) is 0 Å². The minimum Gasteiger partial charge on any atom is -0.394 e. The highest BCUT2D eigenvalue weighted by Gasteiger charge is 2.50. The molecule has 1 amide bonds. The van der Waals surface area contributed by atoms with E-state index >= 15 is 0 Å². The van der Waals surface area contributed by atoms with Crippen LogP contribution in [0.2, 0.25) is 0 Å². The van der Waals surface area contributed by atoms with Crippen molar-refractivity contribution in [1.82, 2.24) is 5.32 Å². The third-order valence-corrected chi connectivity index (χ3v) is 4.38. The minimum atomic E-state index is -1.73. The molecular weight excluding hydrogens is 358 g/mol. The fourth-order valence-corrected chi connectivity index (χ4v) is 2.98. The molecule has 0 radical (unpaired) electrons. The predicted octanol–water partition coefficient (Wildman–Crippen LogP) is -5.25. The van der Waals surface area contributed by atoms with Gasteiger partial charge in [0.15, 0.2) is 12.6 Å². The van der Waals surface area contributed by atoms with E-state index in [9.17, 15) is 40.5 Å². The first kappa shape index (κ1) is 21.4. The van der Waals surface area contributed by atoms with Gasteiger partial charge in [0, 0.05) is 6.92 Å². The summed E-state index contributed by atoms with van der Waals surface area (Å²) in [5.74, 6) is -0.564. The number of ether oxygens (including phenoxy) is 3. The molecule has 0 saturated carbocycles. The van der Waals surface area contributed by atoms with Gasteiger partial charge in [-0.25, -0.2) is 0 Å². The van der Waals surface area contributed by atoms with Gasteiger partial charge >= 0.3 is 0 Å². The normalized spacial score (nSPS) is 46.8. The maximum atomic E-state index is 11.2. The van der Waals surface area contributed by atoms with Crippen LogP contribution >= 0.6 is 0 Å². The number of carbonyl (C=O) groups is 1. The van der Waals surface area contributed by atoms with Crippen molar-refractivity contribution in [2.24, 2.45) is 0 Å². The summed E-state index contributed by atoms with van der Waals surface area (Å²) in [6.45, 7) is -0.195. The molecule has 1 unspecified atom stereocenters. The van der Waals surface area contributed by atoms with Crippen LogP contribution in [0.1, 0.15) is 6.92 Å². The third-order valence-electron chi connectivity index (χ3n) is 4.38. The van der Waals surface area contributed by atoms with Gasteiger partial charge in [-0.1, -0.05) is 0 Å². The number of hydrogen-bond acceptors (Lipinski definition) is 11.